The van der Waals surface area contributed by atoms with Crippen molar-refractivity contribution in [1.82, 2.24) is 4.90 Å². The van der Waals surface area contributed by atoms with Crippen LogP contribution in [0.3, 0.4) is 0 Å². The second-order valence-corrected chi connectivity index (χ2v) is 7.13. The van der Waals surface area contributed by atoms with Gasteiger partial charge in [0, 0.05) is 42.8 Å². The lowest BCUT2D eigenvalue weighted by Crippen LogP contribution is -2.21. The van der Waals surface area contributed by atoms with Gasteiger partial charge in [-0.05, 0) is 43.9 Å². The molecule has 0 aromatic heterocycles. The van der Waals surface area contributed by atoms with Crippen molar-refractivity contribution < 1.29 is 9.00 Å². The molecule has 1 atom stereocenters. The highest BCUT2D eigenvalue weighted by Crippen LogP contribution is 2.18. The molecule has 0 aliphatic carbocycles. The molecule has 0 aliphatic heterocycles. The maximum absolute atomic E-state index is 12.1. The number of carbonyl (C=O) groups is 1. The first kappa shape index (κ1) is 16.9. The van der Waals surface area contributed by atoms with E-state index in [-0.39, 0.29) is 5.91 Å². The number of nitrogens with zero attached hydrogens (tertiary/aromatic N) is 1. The maximum atomic E-state index is 12.1. The van der Waals surface area contributed by atoms with Gasteiger partial charge < -0.3 is 4.90 Å². The summed E-state index contributed by atoms with van der Waals surface area (Å²) >= 11 is 0. The molecule has 0 saturated heterocycles. The molecule has 0 saturated carbocycles. The van der Waals surface area contributed by atoms with Crippen LogP contribution in [0.25, 0.3) is 0 Å². The molecule has 1 rings (SSSR count). The van der Waals surface area contributed by atoms with Gasteiger partial charge in [0.2, 0.25) is 5.91 Å². The van der Waals surface area contributed by atoms with Crippen LogP contribution >= 0.6 is 0 Å². The van der Waals surface area contributed by atoms with E-state index in [1.807, 2.05) is 0 Å². The number of aryl methyl sites for hydroxylation is 3. The minimum absolute atomic E-state index is 0.102. The Hall–Kier alpha value is -1.16. The van der Waals surface area contributed by atoms with Crippen LogP contribution in [0.15, 0.2) is 12.1 Å². The van der Waals surface area contributed by atoms with Gasteiger partial charge in [-0.15, -0.1) is 0 Å². The van der Waals surface area contributed by atoms with E-state index in [2.05, 4.69) is 32.9 Å². The zero-order valence-electron chi connectivity index (χ0n) is 13.2. The maximum Gasteiger partial charge on any atom is 0.222 e. The van der Waals surface area contributed by atoms with Crippen LogP contribution in [-0.2, 0) is 21.3 Å². The van der Waals surface area contributed by atoms with Crippen LogP contribution in [0.5, 0.6) is 0 Å². The molecule has 3 nitrogen and oxygen atoms in total. The Balaban J connectivity index is 2.53. The van der Waals surface area contributed by atoms with E-state index < -0.39 is 10.8 Å². The summed E-state index contributed by atoms with van der Waals surface area (Å²) in [5, 5.41) is 0. The van der Waals surface area contributed by atoms with Crippen molar-refractivity contribution in [2.24, 2.45) is 0 Å². The number of hydrogen-bond donors (Lipinski definition) is 0. The lowest BCUT2D eigenvalue weighted by molar-refractivity contribution is -0.128. The van der Waals surface area contributed by atoms with Gasteiger partial charge in [-0.1, -0.05) is 17.7 Å². The van der Waals surface area contributed by atoms with E-state index in [1.165, 1.54) is 22.3 Å². The number of amides is 1. The standard InChI is InChI=1S/C16H25NO2S/c1-12-9-13(2)15(14(3)10-12)11-20(19)8-6-7-16(18)17(4)5/h9-10H,6-8,11H2,1-5H3. The second-order valence-electron chi connectivity index (χ2n) is 5.56. The van der Waals surface area contributed by atoms with E-state index >= 15 is 0 Å². The zero-order chi connectivity index (χ0) is 15.3. The third kappa shape index (κ3) is 5.08. The fourth-order valence-electron chi connectivity index (χ4n) is 2.28. The topological polar surface area (TPSA) is 37.4 Å². The average molecular weight is 295 g/mol. The highest BCUT2D eigenvalue weighted by Gasteiger charge is 2.10. The Labute approximate surface area is 124 Å². The van der Waals surface area contributed by atoms with Crippen molar-refractivity contribution in [3.8, 4) is 0 Å². The molecule has 1 amide bonds. The molecule has 0 aliphatic rings. The monoisotopic (exact) mass is 295 g/mol. The zero-order valence-corrected chi connectivity index (χ0v) is 14.0. The minimum Gasteiger partial charge on any atom is -0.349 e. The van der Waals surface area contributed by atoms with Crippen molar-refractivity contribution >= 4 is 16.7 Å². The van der Waals surface area contributed by atoms with Gasteiger partial charge in [0.15, 0.2) is 0 Å². The van der Waals surface area contributed by atoms with Gasteiger partial charge in [0.05, 0.1) is 0 Å². The van der Waals surface area contributed by atoms with Crippen LogP contribution in [0.4, 0.5) is 0 Å². The van der Waals surface area contributed by atoms with Crippen molar-refractivity contribution in [2.75, 3.05) is 19.8 Å². The van der Waals surface area contributed by atoms with Crippen molar-refractivity contribution in [3.63, 3.8) is 0 Å². The van der Waals surface area contributed by atoms with Crippen LogP contribution in [0.1, 0.15) is 35.1 Å². The quantitative estimate of drug-likeness (QED) is 0.809. The van der Waals surface area contributed by atoms with Crippen LogP contribution in [-0.4, -0.2) is 34.9 Å². The summed E-state index contributed by atoms with van der Waals surface area (Å²) in [6.45, 7) is 6.22. The van der Waals surface area contributed by atoms with E-state index in [4.69, 9.17) is 0 Å². The predicted octanol–water partition coefficient (Wildman–Crippen LogP) is 2.73. The number of benzene rings is 1. The molecule has 0 heterocycles. The van der Waals surface area contributed by atoms with E-state index in [1.54, 1.807) is 19.0 Å². The molecule has 0 fully saturated rings. The molecular weight excluding hydrogens is 270 g/mol. The predicted molar refractivity (Wildman–Crippen MR) is 85.3 cm³/mol. The Morgan fingerprint density at radius 3 is 2.20 bits per heavy atom. The molecule has 0 spiro atoms. The molecule has 20 heavy (non-hydrogen) atoms. The summed E-state index contributed by atoms with van der Waals surface area (Å²) < 4.78 is 12.1. The second kappa shape index (κ2) is 7.58. The first-order valence-electron chi connectivity index (χ1n) is 6.93. The van der Waals surface area contributed by atoms with Gasteiger partial charge in [-0.25, -0.2) is 0 Å². The number of rotatable bonds is 6. The van der Waals surface area contributed by atoms with Crippen molar-refractivity contribution in [1.29, 1.82) is 0 Å². The minimum atomic E-state index is -0.899. The van der Waals surface area contributed by atoms with Gasteiger partial charge >= 0.3 is 0 Å². The molecule has 1 aromatic carbocycles. The molecule has 0 N–H and O–H groups in total. The highest BCUT2D eigenvalue weighted by atomic mass is 32.2. The number of carbonyl (C=O) groups excluding carboxylic acids is 1. The van der Waals surface area contributed by atoms with Crippen LogP contribution < -0.4 is 0 Å². The molecule has 112 valence electrons. The third-order valence-corrected chi connectivity index (χ3v) is 4.76. The SMILES string of the molecule is Cc1cc(C)c(CS(=O)CCCC(=O)N(C)C)c(C)c1. The fraction of sp³-hybridized carbons (Fsp3) is 0.562. The summed E-state index contributed by atoms with van der Waals surface area (Å²) in [5.74, 6) is 1.28. The summed E-state index contributed by atoms with van der Waals surface area (Å²) in [6, 6.07) is 4.27. The van der Waals surface area contributed by atoms with Gasteiger partial charge in [0.25, 0.3) is 0 Å². The first-order valence-corrected chi connectivity index (χ1v) is 8.42. The van der Waals surface area contributed by atoms with E-state index in [0.717, 1.165) is 0 Å². The summed E-state index contributed by atoms with van der Waals surface area (Å²) in [5.41, 5.74) is 4.85. The lowest BCUT2D eigenvalue weighted by Gasteiger charge is -2.12. The Morgan fingerprint density at radius 2 is 1.70 bits per heavy atom. The third-order valence-electron chi connectivity index (χ3n) is 3.41. The number of hydrogen-bond acceptors (Lipinski definition) is 2. The summed E-state index contributed by atoms with van der Waals surface area (Å²) in [6.07, 6.45) is 1.16. The van der Waals surface area contributed by atoms with Gasteiger partial charge in [-0.2, -0.15) is 0 Å². The van der Waals surface area contributed by atoms with Crippen LogP contribution in [0.2, 0.25) is 0 Å². The molecule has 1 aromatic rings. The molecule has 0 radical (unpaired) electrons. The van der Waals surface area contributed by atoms with Crippen LogP contribution in [0, 0.1) is 20.8 Å². The Bertz CT molecular complexity index is 486. The fourth-order valence-corrected chi connectivity index (χ4v) is 3.67. The van der Waals surface area contributed by atoms with Gasteiger partial charge in [-0.3, -0.25) is 9.00 Å². The summed E-state index contributed by atoms with van der Waals surface area (Å²) in [4.78, 5) is 13.0. The lowest BCUT2D eigenvalue weighted by atomic mass is 10.0. The average Bonchev–Trinajstić information content (AvgIpc) is 2.33. The molecule has 0 bridgehead atoms. The normalized spacial score (nSPS) is 12.2. The molecular formula is C16H25NO2S. The highest BCUT2D eigenvalue weighted by molar-refractivity contribution is 7.84. The first-order chi connectivity index (χ1) is 9.31. The molecule has 4 heteroatoms. The van der Waals surface area contributed by atoms with Crippen molar-refractivity contribution in [2.45, 2.75) is 39.4 Å². The van der Waals surface area contributed by atoms with Crippen molar-refractivity contribution in [3.05, 3.63) is 34.4 Å². The molecule has 1 unspecified atom stereocenters. The van der Waals surface area contributed by atoms with Gasteiger partial charge in [0.1, 0.15) is 0 Å². The Kier molecular flexibility index (Phi) is 6.40. The smallest absolute Gasteiger partial charge is 0.222 e. The van der Waals surface area contributed by atoms with E-state index in [0.29, 0.717) is 24.3 Å². The Morgan fingerprint density at radius 1 is 1.15 bits per heavy atom. The largest absolute Gasteiger partial charge is 0.349 e. The summed E-state index contributed by atoms with van der Waals surface area (Å²) in [7, 11) is 2.60. The van der Waals surface area contributed by atoms with E-state index in [9.17, 15) is 9.00 Å².